The highest BCUT2D eigenvalue weighted by atomic mass is 32.1. The fourth-order valence-electron chi connectivity index (χ4n) is 2.17. The molecule has 0 aliphatic carbocycles. The molecule has 2 nitrogen and oxygen atoms in total. The van der Waals surface area contributed by atoms with E-state index in [9.17, 15) is 4.39 Å². The zero-order valence-electron chi connectivity index (χ0n) is 11.4. The van der Waals surface area contributed by atoms with Crippen molar-refractivity contribution in [3.05, 3.63) is 52.6 Å². The van der Waals surface area contributed by atoms with Crippen molar-refractivity contribution >= 4 is 11.3 Å². The quantitative estimate of drug-likeness (QED) is 0.715. The number of thiophene rings is 1. The molecule has 4 heteroatoms. The van der Waals surface area contributed by atoms with E-state index in [4.69, 9.17) is 4.98 Å². The van der Waals surface area contributed by atoms with Gasteiger partial charge >= 0.3 is 0 Å². The normalized spacial score (nSPS) is 11.2. The average molecular weight is 286 g/mol. The Morgan fingerprint density at radius 2 is 1.85 bits per heavy atom. The zero-order valence-corrected chi connectivity index (χ0v) is 12.2. The van der Waals surface area contributed by atoms with Crippen LogP contribution in [0.2, 0.25) is 0 Å². The van der Waals surface area contributed by atoms with Crippen molar-refractivity contribution in [1.82, 2.24) is 9.97 Å². The molecule has 0 atom stereocenters. The number of H-pyrrole nitrogens is 1. The standard InChI is InChI=1S/C16H15FN2S/c1-10(2)14-15(12-7-8-20-9-12)19-16(18-14)11-3-5-13(17)6-4-11/h3-10H,1-2H3,(H,18,19). The molecule has 1 aromatic carbocycles. The molecule has 0 aliphatic rings. The first-order valence-corrected chi connectivity index (χ1v) is 7.48. The van der Waals surface area contributed by atoms with Crippen LogP contribution < -0.4 is 0 Å². The Balaban J connectivity index is 2.10. The molecule has 0 unspecified atom stereocenters. The Morgan fingerprint density at radius 1 is 1.10 bits per heavy atom. The van der Waals surface area contributed by atoms with E-state index in [2.05, 4.69) is 30.3 Å². The number of nitrogens with zero attached hydrogens (tertiary/aromatic N) is 1. The first-order chi connectivity index (χ1) is 9.65. The van der Waals surface area contributed by atoms with Crippen LogP contribution in [0.25, 0.3) is 22.6 Å². The largest absolute Gasteiger partial charge is 0.341 e. The summed E-state index contributed by atoms with van der Waals surface area (Å²) < 4.78 is 13.0. The van der Waals surface area contributed by atoms with Crippen molar-refractivity contribution in [2.75, 3.05) is 0 Å². The number of aromatic amines is 1. The van der Waals surface area contributed by atoms with E-state index in [0.29, 0.717) is 5.92 Å². The number of hydrogen-bond acceptors (Lipinski definition) is 2. The van der Waals surface area contributed by atoms with Crippen LogP contribution in [0.5, 0.6) is 0 Å². The van der Waals surface area contributed by atoms with Gasteiger partial charge in [0.05, 0.1) is 5.69 Å². The highest BCUT2D eigenvalue weighted by Crippen LogP contribution is 2.31. The summed E-state index contributed by atoms with van der Waals surface area (Å²) in [6, 6.07) is 8.47. The monoisotopic (exact) mass is 286 g/mol. The van der Waals surface area contributed by atoms with Crippen LogP contribution in [0.1, 0.15) is 25.5 Å². The molecular weight excluding hydrogens is 271 g/mol. The van der Waals surface area contributed by atoms with E-state index in [1.807, 2.05) is 5.38 Å². The Hall–Kier alpha value is -1.94. The highest BCUT2D eigenvalue weighted by molar-refractivity contribution is 7.08. The second-order valence-corrected chi connectivity index (χ2v) is 5.80. The minimum atomic E-state index is -0.234. The summed E-state index contributed by atoms with van der Waals surface area (Å²) in [6.45, 7) is 4.27. The molecule has 0 radical (unpaired) electrons. The van der Waals surface area contributed by atoms with Crippen LogP contribution in [0.15, 0.2) is 41.1 Å². The van der Waals surface area contributed by atoms with E-state index >= 15 is 0 Å². The summed E-state index contributed by atoms with van der Waals surface area (Å²) in [5.74, 6) is 0.906. The van der Waals surface area contributed by atoms with E-state index in [1.165, 1.54) is 12.1 Å². The lowest BCUT2D eigenvalue weighted by atomic mass is 10.1. The molecule has 2 heterocycles. The molecule has 2 aromatic heterocycles. The molecule has 102 valence electrons. The number of benzene rings is 1. The fourth-order valence-corrected chi connectivity index (χ4v) is 2.81. The molecular formula is C16H15FN2S. The molecule has 20 heavy (non-hydrogen) atoms. The predicted molar refractivity (Wildman–Crippen MR) is 81.4 cm³/mol. The van der Waals surface area contributed by atoms with Crippen LogP contribution in [-0.2, 0) is 0 Å². The summed E-state index contributed by atoms with van der Waals surface area (Å²) in [4.78, 5) is 8.08. The molecule has 0 saturated carbocycles. The molecule has 0 spiro atoms. The van der Waals surface area contributed by atoms with Gasteiger partial charge < -0.3 is 4.98 Å². The molecule has 3 aromatic rings. The Labute approximate surface area is 121 Å². The van der Waals surface area contributed by atoms with Gasteiger partial charge in [0.2, 0.25) is 0 Å². The maximum Gasteiger partial charge on any atom is 0.138 e. The zero-order chi connectivity index (χ0) is 14.1. The lowest BCUT2D eigenvalue weighted by Gasteiger charge is -2.03. The van der Waals surface area contributed by atoms with Gasteiger partial charge in [-0.25, -0.2) is 9.37 Å². The van der Waals surface area contributed by atoms with Gasteiger partial charge in [0.25, 0.3) is 0 Å². The molecule has 0 bridgehead atoms. The predicted octanol–water partition coefficient (Wildman–Crippen LogP) is 5.07. The first-order valence-electron chi connectivity index (χ1n) is 6.53. The smallest absolute Gasteiger partial charge is 0.138 e. The third-order valence-corrected chi connectivity index (χ3v) is 3.90. The SMILES string of the molecule is CC(C)c1[nH]c(-c2ccc(F)cc2)nc1-c1ccsc1. The van der Waals surface area contributed by atoms with Crippen molar-refractivity contribution in [2.24, 2.45) is 0 Å². The van der Waals surface area contributed by atoms with Gasteiger partial charge in [0.15, 0.2) is 0 Å². The Morgan fingerprint density at radius 3 is 2.45 bits per heavy atom. The molecule has 0 aliphatic heterocycles. The van der Waals surface area contributed by atoms with Crippen LogP contribution in [0.4, 0.5) is 4.39 Å². The number of nitrogens with one attached hydrogen (secondary N) is 1. The van der Waals surface area contributed by atoms with E-state index < -0.39 is 0 Å². The van der Waals surface area contributed by atoms with Gasteiger partial charge in [-0.05, 0) is 41.6 Å². The van der Waals surface area contributed by atoms with E-state index in [1.54, 1.807) is 23.5 Å². The van der Waals surface area contributed by atoms with E-state index in [0.717, 1.165) is 28.3 Å². The van der Waals surface area contributed by atoms with Crippen molar-refractivity contribution in [1.29, 1.82) is 0 Å². The molecule has 3 rings (SSSR count). The van der Waals surface area contributed by atoms with Gasteiger partial charge in [0, 0.05) is 22.2 Å². The third-order valence-electron chi connectivity index (χ3n) is 3.22. The molecule has 0 saturated heterocycles. The van der Waals surface area contributed by atoms with Gasteiger partial charge in [-0.1, -0.05) is 13.8 Å². The van der Waals surface area contributed by atoms with Crippen LogP contribution in [0.3, 0.4) is 0 Å². The highest BCUT2D eigenvalue weighted by Gasteiger charge is 2.16. The minimum absolute atomic E-state index is 0.234. The van der Waals surface area contributed by atoms with Crippen molar-refractivity contribution in [3.63, 3.8) is 0 Å². The van der Waals surface area contributed by atoms with Gasteiger partial charge in [0.1, 0.15) is 11.6 Å². The average Bonchev–Trinajstić information content (AvgIpc) is 3.08. The molecule has 0 fully saturated rings. The van der Waals surface area contributed by atoms with Crippen LogP contribution in [0, 0.1) is 5.82 Å². The lowest BCUT2D eigenvalue weighted by molar-refractivity contribution is 0.628. The summed E-state index contributed by atoms with van der Waals surface area (Å²) in [7, 11) is 0. The summed E-state index contributed by atoms with van der Waals surface area (Å²) >= 11 is 1.66. The number of hydrogen-bond donors (Lipinski definition) is 1. The maximum atomic E-state index is 13.0. The first kappa shape index (κ1) is 13.1. The Bertz CT molecular complexity index is 697. The number of rotatable bonds is 3. The topological polar surface area (TPSA) is 28.7 Å². The summed E-state index contributed by atoms with van der Waals surface area (Å²) in [5.41, 5.74) is 4.13. The minimum Gasteiger partial charge on any atom is -0.341 e. The Kier molecular flexibility index (Phi) is 3.40. The lowest BCUT2D eigenvalue weighted by Crippen LogP contribution is -1.90. The second-order valence-electron chi connectivity index (χ2n) is 5.02. The maximum absolute atomic E-state index is 13.0. The molecule has 0 amide bonds. The number of imidazole rings is 1. The van der Waals surface area contributed by atoms with Crippen LogP contribution >= 0.6 is 11.3 Å². The third kappa shape index (κ3) is 2.39. The number of halogens is 1. The van der Waals surface area contributed by atoms with Crippen molar-refractivity contribution in [3.8, 4) is 22.6 Å². The van der Waals surface area contributed by atoms with Crippen LogP contribution in [-0.4, -0.2) is 9.97 Å². The van der Waals surface area contributed by atoms with Crippen molar-refractivity contribution in [2.45, 2.75) is 19.8 Å². The van der Waals surface area contributed by atoms with Gasteiger partial charge in [-0.15, -0.1) is 0 Å². The summed E-state index contributed by atoms with van der Waals surface area (Å²) in [6.07, 6.45) is 0. The van der Waals surface area contributed by atoms with Crippen molar-refractivity contribution < 1.29 is 4.39 Å². The fraction of sp³-hybridized carbons (Fsp3) is 0.188. The second kappa shape index (κ2) is 5.21. The van der Waals surface area contributed by atoms with Gasteiger partial charge in [-0.2, -0.15) is 11.3 Å². The molecule has 1 N–H and O–H groups in total. The number of aromatic nitrogens is 2. The van der Waals surface area contributed by atoms with Gasteiger partial charge in [-0.3, -0.25) is 0 Å². The van der Waals surface area contributed by atoms with E-state index in [-0.39, 0.29) is 5.82 Å². The summed E-state index contributed by atoms with van der Waals surface area (Å²) in [5, 5.41) is 4.14.